The highest BCUT2D eigenvalue weighted by molar-refractivity contribution is 5.51. The molecule has 0 aliphatic carbocycles. The van der Waals surface area contributed by atoms with Crippen molar-refractivity contribution in [1.82, 2.24) is 0 Å². The first-order chi connectivity index (χ1) is 5.93. The largest absolute Gasteiger partial charge is 0.416 e. The summed E-state index contributed by atoms with van der Waals surface area (Å²) in [6, 6.07) is 3.59. The number of hydrogen-bond acceptors (Lipinski definition) is 0. The second-order valence-corrected chi connectivity index (χ2v) is 2.67. The van der Waals surface area contributed by atoms with E-state index in [9.17, 15) is 13.2 Å². The molecular formula is C10H8F3. The Hall–Kier alpha value is -1.25. The van der Waals surface area contributed by atoms with Crippen LogP contribution in [0.3, 0.4) is 0 Å². The minimum Gasteiger partial charge on any atom is -0.166 e. The van der Waals surface area contributed by atoms with Crippen molar-refractivity contribution in [1.29, 1.82) is 0 Å². The molecule has 0 aromatic heterocycles. The van der Waals surface area contributed by atoms with Gasteiger partial charge in [0.25, 0.3) is 0 Å². The van der Waals surface area contributed by atoms with Crippen LogP contribution in [-0.2, 0) is 6.18 Å². The SMILES string of the molecule is [CH2]c1cc(C=C)cc(C(F)(F)F)c1. The Morgan fingerprint density at radius 3 is 2.23 bits per heavy atom. The van der Waals surface area contributed by atoms with Gasteiger partial charge in [0, 0.05) is 0 Å². The Morgan fingerprint density at radius 2 is 1.77 bits per heavy atom. The molecule has 0 aliphatic heterocycles. The number of benzene rings is 1. The summed E-state index contributed by atoms with van der Waals surface area (Å²) in [5.74, 6) is 0. The fourth-order valence-electron chi connectivity index (χ4n) is 1.000. The summed E-state index contributed by atoms with van der Waals surface area (Å²) < 4.78 is 36.7. The molecular weight excluding hydrogens is 177 g/mol. The van der Waals surface area contributed by atoms with Crippen LogP contribution in [0.25, 0.3) is 6.08 Å². The summed E-state index contributed by atoms with van der Waals surface area (Å²) in [6.45, 7) is 6.86. The zero-order valence-corrected chi connectivity index (χ0v) is 6.86. The lowest BCUT2D eigenvalue weighted by Gasteiger charge is -2.08. The standard InChI is InChI=1S/C10H8F3/c1-3-8-4-7(2)5-9(6-8)10(11,12)13/h3-6H,1-2H2. The van der Waals surface area contributed by atoms with Crippen LogP contribution in [0.5, 0.6) is 0 Å². The van der Waals surface area contributed by atoms with Crippen LogP contribution in [0.4, 0.5) is 13.2 Å². The fourth-order valence-corrected chi connectivity index (χ4v) is 1.000. The second kappa shape index (κ2) is 3.24. The maximum Gasteiger partial charge on any atom is 0.416 e. The molecule has 0 bridgehead atoms. The van der Waals surface area contributed by atoms with Gasteiger partial charge in [0.05, 0.1) is 5.56 Å². The van der Waals surface area contributed by atoms with E-state index in [0.29, 0.717) is 11.1 Å². The third kappa shape index (κ3) is 2.34. The fraction of sp³-hybridized carbons (Fsp3) is 0.100. The van der Waals surface area contributed by atoms with E-state index in [1.807, 2.05) is 0 Å². The predicted molar refractivity (Wildman–Crippen MR) is 46.0 cm³/mol. The lowest BCUT2D eigenvalue weighted by atomic mass is 10.1. The van der Waals surface area contributed by atoms with Crippen molar-refractivity contribution in [3.05, 3.63) is 48.4 Å². The van der Waals surface area contributed by atoms with Crippen LogP contribution in [0.2, 0.25) is 0 Å². The van der Waals surface area contributed by atoms with E-state index in [2.05, 4.69) is 13.5 Å². The van der Waals surface area contributed by atoms with Gasteiger partial charge in [-0.3, -0.25) is 0 Å². The van der Waals surface area contributed by atoms with Crippen molar-refractivity contribution >= 4 is 6.08 Å². The van der Waals surface area contributed by atoms with Crippen molar-refractivity contribution in [2.45, 2.75) is 6.18 Å². The van der Waals surface area contributed by atoms with Crippen molar-refractivity contribution in [3.63, 3.8) is 0 Å². The lowest BCUT2D eigenvalue weighted by molar-refractivity contribution is -0.137. The second-order valence-electron chi connectivity index (χ2n) is 2.67. The zero-order chi connectivity index (χ0) is 10.1. The smallest absolute Gasteiger partial charge is 0.166 e. The summed E-state index contributed by atoms with van der Waals surface area (Å²) >= 11 is 0. The van der Waals surface area contributed by atoms with Gasteiger partial charge in [-0.15, -0.1) is 0 Å². The summed E-state index contributed by atoms with van der Waals surface area (Å²) in [6.07, 6.45) is -2.95. The zero-order valence-electron chi connectivity index (χ0n) is 6.86. The number of hydrogen-bond donors (Lipinski definition) is 0. The molecule has 1 radical (unpaired) electrons. The number of alkyl halides is 3. The monoisotopic (exact) mass is 185 g/mol. The van der Waals surface area contributed by atoms with E-state index in [1.165, 1.54) is 6.08 Å². The van der Waals surface area contributed by atoms with Crippen LogP contribution < -0.4 is 0 Å². The molecule has 13 heavy (non-hydrogen) atoms. The molecule has 0 atom stereocenters. The molecule has 0 saturated heterocycles. The van der Waals surface area contributed by atoms with Crippen molar-refractivity contribution in [3.8, 4) is 0 Å². The third-order valence-electron chi connectivity index (χ3n) is 1.58. The first kappa shape index (κ1) is 9.84. The Kier molecular flexibility index (Phi) is 2.45. The maximum atomic E-state index is 12.2. The van der Waals surface area contributed by atoms with Gasteiger partial charge in [-0.05, 0) is 30.2 Å². The van der Waals surface area contributed by atoms with Gasteiger partial charge >= 0.3 is 6.18 Å². The van der Waals surface area contributed by atoms with Gasteiger partial charge < -0.3 is 0 Å². The molecule has 69 valence electrons. The van der Waals surface area contributed by atoms with Crippen LogP contribution in [-0.4, -0.2) is 0 Å². The van der Waals surface area contributed by atoms with Crippen molar-refractivity contribution < 1.29 is 13.2 Å². The number of rotatable bonds is 1. The summed E-state index contributed by atoms with van der Waals surface area (Å²) in [5, 5.41) is 0. The lowest BCUT2D eigenvalue weighted by Crippen LogP contribution is -2.05. The van der Waals surface area contributed by atoms with Gasteiger partial charge in [-0.2, -0.15) is 13.2 Å². The van der Waals surface area contributed by atoms with Crippen molar-refractivity contribution in [2.75, 3.05) is 0 Å². The molecule has 3 heteroatoms. The Morgan fingerprint density at radius 1 is 1.15 bits per heavy atom. The van der Waals surface area contributed by atoms with Crippen molar-refractivity contribution in [2.24, 2.45) is 0 Å². The average molecular weight is 185 g/mol. The molecule has 0 saturated carbocycles. The van der Waals surface area contributed by atoms with Gasteiger partial charge in [0.1, 0.15) is 0 Å². The quantitative estimate of drug-likeness (QED) is 0.627. The maximum absolute atomic E-state index is 12.2. The van der Waals surface area contributed by atoms with Gasteiger partial charge in [-0.1, -0.05) is 18.7 Å². The summed E-state index contributed by atoms with van der Waals surface area (Å²) in [4.78, 5) is 0. The minimum absolute atomic E-state index is 0.338. The molecule has 0 fully saturated rings. The molecule has 0 aliphatic rings. The predicted octanol–water partition coefficient (Wildman–Crippen LogP) is 3.53. The average Bonchev–Trinajstić information content (AvgIpc) is 2.01. The molecule has 0 spiro atoms. The molecule has 0 nitrogen and oxygen atoms in total. The highest BCUT2D eigenvalue weighted by atomic mass is 19.4. The highest BCUT2D eigenvalue weighted by Gasteiger charge is 2.30. The van der Waals surface area contributed by atoms with Crippen LogP contribution in [0, 0.1) is 6.92 Å². The van der Waals surface area contributed by atoms with Crippen LogP contribution >= 0.6 is 0 Å². The van der Waals surface area contributed by atoms with Gasteiger partial charge in [0.15, 0.2) is 0 Å². The highest BCUT2D eigenvalue weighted by Crippen LogP contribution is 2.30. The van der Waals surface area contributed by atoms with E-state index in [1.54, 1.807) is 6.07 Å². The first-order valence-electron chi connectivity index (χ1n) is 3.60. The summed E-state index contributed by atoms with van der Waals surface area (Å²) in [7, 11) is 0. The molecule has 0 amide bonds. The Balaban J connectivity index is 3.24. The van der Waals surface area contributed by atoms with Gasteiger partial charge in [0.2, 0.25) is 0 Å². The molecule has 1 aromatic rings. The molecule has 1 aromatic carbocycles. The van der Waals surface area contributed by atoms with E-state index < -0.39 is 11.7 Å². The van der Waals surface area contributed by atoms with Crippen LogP contribution in [0.15, 0.2) is 24.8 Å². The summed E-state index contributed by atoms with van der Waals surface area (Å²) in [5.41, 5.74) is 0.0828. The molecule has 1 rings (SSSR count). The first-order valence-corrected chi connectivity index (χ1v) is 3.60. The minimum atomic E-state index is -4.31. The normalized spacial score (nSPS) is 11.4. The van der Waals surface area contributed by atoms with E-state index in [-0.39, 0.29) is 0 Å². The van der Waals surface area contributed by atoms with E-state index in [4.69, 9.17) is 0 Å². The Labute approximate surface area is 74.7 Å². The van der Waals surface area contributed by atoms with E-state index >= 15 is 0 Å². The third-order valence-corrected chi connectivity index (χ3v) is 1.58. The molecule has 0 N–H and O–H groups in total. The van der Waals surface area contributed by atoms with Gasteiger partial charge in [-0.25, -0.2) is 0 Å². The Bertz CT molecular complexity index is 323. The topological polar surface area (TPSA) is 0 Å². The molecule has 0 heterocycles. The van der Waals surface area contributed by atoms with E-state index in [0.717, 1.165) is 12.1 Å². The van der Waals surface area contributed by atoms with Crippen LogP contribution in [0.1, 0.15) is 16.7 Å². The molecule has 0 unspecified atom stereocenters. The number of halogens is 3.